The molecule has 2 fully saturated rings. The Morgan fingerprint density at radius 2 is 1.90 bits per heavy atom. The SMILES string of the molecule is CC(C(=O)NC1CCCCC1)N(C)C1CCCC1CN. The summed E-state index contributed by atoms with van der Waals surface area (Å²) >= 11 is 0. The van der Waals surface area contributed by atoms with Crippen molar-refractivity contribution in [3.63, 3.8) is 0 Å². The van der Waals surface area contributed by atoms with Crippen LogP contribution in [0.15, 0.2) is 0 Å². The minimum Gasteiger partial charge on any atom is -0.352 e. The molecule has 4 nitrogen and oxygen atoms in total. The third-order valence-corrected chi connectivity index (χ3v) is 5.39. The average molecular weight is 281 g/mol. The van der Waals surface area contributed by atoms with Crippen molar-refractivity contribution >= 4 is 5.91 Å². The molecule has 0 saturated heterocycles. The number of carbonyl (C=O) groups is 1. The van der Waals surface area contributed by atoms with Crippen LogP contribution < -0.4 is 11.1 Å². The van der Waals surface area contributed by atoms with Crippen LogP contribution in [0.1, 0.15) is 58.3 Å². The van der Waals surface area contributed by atoms with Crippen LogP contribution in [-0.2, 0) is 4.79 Å². The van der Waals surface area contributed by atoms with Crippen LogP contribution in [-0.4, -0.2) is 42.5 Å². The molecule has 0 heterocycles. The lowest BCUT2D eigenvalue weighted by Gasteiger charge is -2.34. The molecular formula is C16H31N3O. The topological polar surface area (TPSA) is 58.4 Å². The highest BCUT2D eigenvalue weighted by atomic mass is 16.2. The summed E-state index contributed by atoms with van der Waals surface area (Å²) < 4.78 is 0. The van der Waals surface area contributed by atoms with Crippen molar-refractivity contribution in [2.24, 2.45) is 11.7 Å². The first-order chi connectivity index (χ1) is 9.63. The minimum atomic E-state index is -0.0472. The number of amides is 1. The van der Waals surface area contributed by atoms with Gasteiger partial charge >= 0.3 is 0 Å². The Labute approximate surface area is 123 Å². The Morgan fingerprint density at radius 3 is 2.55 bits per heavy atom. The molecule has 0 aromatic rings. The number of likely N-dealkylation sites (N-methyl/N-ethyl adjacent to an activating group) is 1. The summed E-state index contributed by atoms with van der Waals surface area (Å²) in [7, 11) is 2.09. The van der Waals surface area contributed by atoms with Gasteiger partial charge in [0.25, 0.3) is 0 Å². The third kappa shape index (κ3) is 3.73. The van der Waals surface area contributed by atoms with Crippen LogP contribution in [0.4, 0.5) is 0 Å². The van der Waals surface area contributed by atoms with Crippen molar-refractivity contribution < 1.29 is 4.79 Å². The molecule has 2 aliphatic rings. The Balaban J connectivity index is 1.85. The van der Waals surface area contributed by atoms with Gasteiger partial charge in [0.05, 0.1) is 6.04 Å². The first kappa shape index (κ1) is 15.8. The number of carbonyl (C=O) groups excluding carboxylic acids is 1. The quantitative estimate of drug-likeness (QED) is 0.809. The zero-order chi connectivity index (χ0) is 14.5. The van der Waals surface area contributed by atoms with Gasteiger partial charge in [0.2, 0.25) is 5.91 Å². The molecule has 0 bridgehead atoms. The Bertz CT molecular complexity index is 315. The largest absolute Gasteiger partial charge is 0.352 e. The maximum Gasteiger partial charge on any atom is 0.237 e. The molecule has 2 saturated carbocycles. The summed E-state index contributed by atoms with van der Waals surface area (Å²) in [5, 5.41) is 3.24. The van der Waals surface area contributed by atoms with Crippen LogP contribution >= 0.6 is 0 Å². The molecule has 2 rings (SSSR count). The summed E-state index contributed by atoms with van der Waals surface area (Å²) in [4.78, 5) is 14.7. The number of nitrogens with two attached hydrogens (primary N) is 1. The fraction of sp³-hybridized carbons (Fsp3) is 0.938. The van der Waals surface area contributed by atoms with Gasteiger partial charge in [0, 0.05) is 12.1 Å². The van der Waals surface area contributed by atoms with Crippen molar-refractivity contribution in [3.8, 4) is 0 Å². The summed E-state index contributed by atoms with van der Waals surface area (Å²) in [5.74, 6) is 0.756. The number of nitrogens with one attached hydrogen (secondary N) is 1. The van der Waals surface area contributed by atoms with Gasteiger partial charge in [0.15, 0.2) is 0 Å². The van der Waals surface area contributed by atoms with Gasteiger partial charge < -0.3 is 11.1 Å². The fourth-order valence-corrected chi connectivity index (χ4v) is 3.87. The highest BCUT2D eigenvalue weighted by Gasteiger charge is 2.33. The Morgan fingerprint density at radius 1 is 1.20 bits per heavy atom. The molecule has 1 amide bonds. The standard InChI is InChI=1S/C16H31N3O/c1-12(16(20)18-14-8-4-3-5-9-14)19(2)15-10-6-7-13(15)11-17/h12-15H,3-11,17H2,1-2H3,(H,18,20). The zero-order valence-electron chi connectivity index (χ0n) is 13.1. The third-order valence-electron chi connectivity index (χ3n) is 5.39. The van der Waals surface area contributed by atoms with E-state index in [1.165, 1.54) is 38.5 Å². The normalized spacial score (nSPS) is 29.6. The van der Waals surface area contributed by atoms with Crippen molar-refractivity contribution in [1.82, 2.24) is 10.2 Å². The van der Waals surface area contributed by atoms with Gasteiger partial charge in [-0.2, -0.15) is 0 Å². The molecule has 0 aromatic heterocycles. The van der Waals surface area contributed by atoms with Crippen LogP contribution in [0.25, 0.3) is 0 Å². The number of hydrogen-bond acceptors (Lipinski definition) is 3. The summed E-state index contributed by atoms with van der Waals surface area (Å²) in [6.45, 7) is 2.77. The van der Waals surface area contributed by atoms with E-state index < -0.39 is 0 Å². The second-order valence-corrected chi connectivity index (χ2v) is 6.68. The first-order valence-electron chi connectivity index (χ1n) is 8.36. The van der Waals surface area contributed by atoms with Crippen molar-refractivity contribution in [3.05, 3.63) is 0 Å². The predicted octanol–water partition coefficient (Wildman–Crippen LogP) is 1.88. The predicted molar refractivity (Wildman–Crippen MR) is 82.4 cm³/mol. The molecule has 20 heavy (non-hydrogen) atoms. The lowest BCUT2D eigenvalue weighted by molar-refractivity contribution is -0.127. The molecule has 3 atom stereocenters. The molecule has 0 aliphatic heterocycles. The summed E-state index contributed by atoms with van der Waals surface area (Å²) in [6, 6.07) is 0.835. The van der Waals surface area contributed by atoms with E-state index >= 15 is 0 Å². The van der Waals surface area contributed by atoms with E-state index in [2.05, 4.69) is 17.3 Å². The van der Waals surface area contributed by atoms with Crippen LogP contribution in [0.3, 0.4) is 0 Å². The zero-order valence-corrected chi connectivity index (χ0v) is 13.1. The second kappa shape index (κ2) is 7.41. The van der Waals surface area contributed by atoms with E-state index in [4.69, 9.17) is 5.73 Å². The van der Waals surface area contributed by atoms with Gasteiger partial charge in [-0.25, -0.2) is 0 Å². The van der Waals surface area contributed by atoms with Gasteiger partial charge in [-0.15, -0.1) is 0 Å². The molecule has 116 valence electrons. The summed E-state index contributed by atoms with van der Waals surface area (Å²) in [5.41, 5.74) is 5.86. The van der Waals surface area contributed by atoms with E-state index in [0.717, 1.165) is 19.4 Å². The molecule has 0 radical (unpaired) electrons. The van der Waals surface area contributed by atoms with E-state index in [1.54, 1.807) is 0 Å². The van der Waals surface area contributed by atoms with Gasteiger partial charge in [-0.3, -0.25) is 9.69 Å². The monoisotopic (exact) mass is 281 g/mol. The van der Waals surface area contributed by atoms with E-state index in [-0.39, 0.29) is 11.9 Å². The fourth-order valence-electron chi connectivity index (χ4n) is 3.87. The van der Waals surface area contributed by atoms with E-state index in [1.807, 2.05) is 6.92 Å². The Kier molecular flexibility index (Phi) is 5.85. The highest BCUT2D eigenvalue weighted by Crippen LogP contribution is 2.29. The van der Waals surface area contributed by atoms with Crippen molar-refractivity contribution in [2.45, 2.75) is 76.4 Å². The maximum absolute atomic E-state index is 12.4. The lowest BCUT2D eigenvalue weighted by atomic mass is 9.95. The lowest BCUT2D eigenvalue weighted by Crippen LogP contribution is -2.51. The molecular weight excluding hydrogens is 250 g/mol. The van der Waals surface area contributed by atoms with E-state index in [0.29, 0.717) is 18.0 Å². The van der Waals surface area contributed by atoms with Gasteiger partial charge in [0.1, 0.15) is 0 Å². The second-order valence-electron chi connectivity index (χ2n) is 6.68. The number of hydrogen-bond donors (Lipinski definition) is 2. The number of nitrogens with zero attached hydrogens (tertiary/aromatic N) is 1. The van der Waals surface area contributed by atoms with Crippen molar-refractivity contribution in [1.29, 1.82) is 0 Å². The molecule has 0 spiro atoms. The van der Waals surface area contributed by atoms with Crippen LogP contribution in [0.2, 0.25) is 0 Å². The van der Waals surface area contributed by atoms with Crippen LogP contribution in [0.5, 0.6) is 0 Å². The molecule has 0 aromatic carbocycles. The molecule has 4 heteroatoms. The molecule has 3 unspecified atom stereocenters. The van der Waals surface area contributed by atoms with Gasteiger partial charge in [-0.1, -0.05) is 25.7 Å². The highest BCUT2D eigenvalue weighted by molar-refractivity contribution is 5.81. The van der Waals surface area contributed by atoms with Gasteiger partial charge in [-0.05, 0) is 52.1 Å². The van der Waals surface area contributed by atoms with Crippen LogP contribution in [0, 0.1) is 5.92 Å². The summed E-state index contributed by atoms with van der Waals surface area (Å²) in [6.07, 6.45) is 9.77. The average Bonchev–Trinajstić information content (AvgIpc) is 2.95. The van der Waals surface area contributed by atoms with E-state index in [9.17, 15) is 4.79 Å². The smallest absolute Gasteiger partial charge is 0.237 e. The van der Waals surface area contributed by atoms with Crippen molar-refractivity contribution in [2.75, 3.05) is 13.6 Å². The number of rotatable bonds is 5. The molecule has 2 aliphatic carbocycles. The molecule has 3 N–H and O–H groups in total. The maximum atomic E-state index is 12.4. The minimum absolute atomic E-state index is 0.0472. The Hall–Kier alpha value is -0.610. The first-order valence-corrected chi connectivity index (χ1v) is 8.36.